The molecule has 1 aliphatic carbocycles. The first-order valence-electron chi connectivity index (χ1n) is 7.49. The van der Waals surface area contributed by atoms with Crippen LogP contribution in [0.4, 0.5) is 10.5 Å². The van der Waals surface area contributed by atoms with Crippen LogP contribution in [0.25, 0.3) is 0 Å². The Kier molecular flexibility index (Phi) is 4.39. The van der Waals surface area contributed by atoms with Gasteiger partial charge in [0.05, 0.1) is 6.10 Å². The van der Waals surface area contributed by atoms with Gasteiger partial charge in [-0.05, 0) is 35.6 Å². The van der Waals surface area contributed by atoms with Gasteiger partial charge in [-0.3, -0.25) is 5.32 Å². The number of aliphatic hydroxyl groups excluding tert-OH is 1. The van der Waals surface area contributed by atoms with Gasteiger partial charge in [-0.1, -0.05) is 42.5 Å². The van der Waals surface area contributed by atoms with Crippen LogP contribution in [0.15, 0.2) is 48.5 Å². The lowest BCUT2D eigenvalue weighted by Crippen LogP contribution is -2.22. The number of amides is 1. The molecule has 0 saturated heterocycles. The fraction of sp³-hybridized carbons (Fsp3) is 0.278. The molecule has 0 radical (unpaired) electrons. The first kappa shape index (κ1) is 14.6. The van der Waals surface area contributed by atoms with Crippen molar-refractivity contribution < 1.29 is 14.6 Å². The average molecular weight is 297 g/mol. The van der Waals surface area contributed by atoms with Gasteiger partial charge >= 0.3 is 6.09 Å². The molecule has 0 fully saturated rings. The zero-order valence-corrected chi connectivity index (χ0v) is 12.3. The Bertz CT molecular complexity index is 655. The molecule has 0 aromatic heterocycles. The molecule has 4 nitrogen and oxygen atoms in total. The van der Waals surface area contributed by atoms with Crippen LogP contribution in [0.5, 0.6) is 0 Å². The van der Waals surface area contributed by atoms with Gasteiger partial charge in [0.25, 0.3) is 0 Å². The summed E-state index contributed by atoms with van der Waals surface area (Å²) >= 11 is 0. The number of aryl methyl sites for hydroxylation is 1. The Morgan fingerprint density at radius 3 is 2.82 bits per heavy atom. The summed E-state index contributed by atoms with van der Waals surface area (Å²) in [4.78, 5) is 12.0. The number of aliphatic hydroxyl groups is 1. The molecule has 0 heterocycles. The number of ether oxygens (including phenoxy) is 1. The van der Waals surface area contributed by atoms with Gasteiger partial charge in [-0.25, -0.2) is 4.79 Å². The van der Waals surface area contributed by atoms with E-state index in [0.717, 1.165) is 29.7 Å². The summed E-state index contributed by atoms with van der Waals surface area (Å²) < 4.78 is 5.24. The smallest absolute Gasteiger partial charge is 0.411 e. The maximum Gasteiger partial charge on any atom is 0.411 e. The summed E-state index contributed by atoms with van der Waals surface area (Å²) in [6.45, 7) is 0.240. The number of fused-ring (bicyclic) bond motifs is 1. The lowest BCUT2D eigenvalue weighted by Gasteiger charge is -2.23. The third-order valence-corrected chi connectivity index (χ3v) is 3.91. The minimum absolute atomic E-state index is 0.240. The standard InChI is InChI=1S/C18H19NO3/c20-15-10-9-14-7-4-8-17(16(14)11-15)19-18(21)22-12-13-5-2-1-3-6-13/h1-8,15,20H,9-12H2,(H,19,21)/t15-/m1/s1. The molecule has 2 aromatic rings. The first-order valence-corrected chi connectivity index (χ1v) is 7.49. The van der Waals surface area contributed by atoms with E-state index < -0.39 is 6.09 Å². The van der Waals surface area contributed by atoms with Crippen molar-refractivity contribution in [2.24, 2.45) is 0 Å². The maximum absolute atomic E-state index is 12.0. The van der Waals surface area contributed by atoms with Crippen LogP contribution in [0.3, 0.4) is 0 Å². The highest BCUT2D eigenvalue weighted by Crippen LogP contribution is 2.28. The van der Waals surface area contributed by atoms with E-state index in [-0.39, 0.29) is 12.7 Å². The summed E-state index contributed by atoms with van der Waals surface area (Å²) in [6, 6.07) is 15.4. The second-order valence-electron chi connectivity index (χ2n) is 5.53. The van der Waals surface area contributed by atoms with Crippen molar-refractivity contribution in [3.05, 3.63) is 65.2 Å². The fourth-order valence-corrected chi connectivity index (χ4v) is 2.76. The van der Waals surface area contributed by atoms with Gasteiger partial charge in [-0.15, -0.1) is 0 Å². The van der Waals surface area contributed by atoms with Crippen molar-refractivity contribution >= 4 is 11.8 Å². The first-order chi connectivity index (χ1) is 10.7. The number of hydrogen-bond acceptors (Lipinski definition) is 3. The Hall–Kier alpha value is -2.33. The molecule has 1 aliphatic rings. The molecule has 0 saturated carbocycles. The molecular formula is C18H19NO3. The number of anilines is 1. The summed E-state index contributed by atoms with van der Waals surface area (Å²) in [5.41, 5.74) is 3.88. The van der Waals surface area contributed by atoms with E-state index in [0.29, 0.717) is 6.42 Å². The molecule has 0 bridgehead atoms. The normalized spacial score (nSPS) is 16.7. The number of carbonyl (C=O) groups is 1. The zero-order valence-electron chi connectivity index (χ0n) is 12.3. The summed E-state index contributed by atoms with van der Waals surface area (Å²) in [5.74, 6) is 0. The number of hydrogen-bond donors (Lipinski definition) is 2. The number of benzene rings is 2. The molecular weight excluding hydrogens is 278 g/mol. The van der Waals surface area contributed by atoms with Crippen molar-refractivity contribution in [2.45, 2.75) is 32.0 Å². The molecule has 22 heavy (non-hydrogen) atoms. The molecule has 0 aliphatic heterocycles. The van der Waals surface area contributed by atoms with E-state index in [4.69, 9.17) is 4.74 Å². The predicted molar refractivity (Wildman–Crippen MR) is 84.7 cm³/mol. The van der Waals surface area contributed by atoms with Gasteiger partial charge in [0.15, 0.2) is 0 Å². The van der Waals surface area contributed by atoms with Gasteiger partial charge in [-0.2, -0.15) is 0 Å². The predicted octanol–water partition coefficient (Wildman–Crippen LogP) is 3.28. The van der Waals surface area contributed by atoms with Gasteiger partial charge in [0.2, 0.25) is 0 Å². The second-order valence-corrected chi connectivity index (χ2v) is 5.53. The summed E-state index contributed by atoms with van der Waals surface area (Å²) in [6.07, 6.45) is 1.37. The highest BCUT2D eigenvalue weighted by atomic mass is 16.5. The third-order valence-electron chi connectivity index (χ3n) is 3.91. The van der Waals surface area contributed by atoms with Crippen LogP contribution in [0.1, 0.15) is 23.1 Å². The van der Waals surface area contributed by atoms with Crippen LogP contribution in [0, 0.1) is 0 Å². The second kappa shape index (κ2) is 6.62. The van der Waals surface area contributed by atoms with E-state index in [9.17, 15) is 9.90 Å². The van der Waals surface area contributed by atoms with Crippen LogP contribution in [-0.2, 0) is 24.2 Å². The van der Waals surface area contributed by atoms with E-state index in [1.54, 1.807) is 0 Å². The van der Waals surface area contributed by atoms with Gasteiger partial charge in [0, 0.05) is 12.1 Å². The molecule has 0 unspecified atom stereocenters. The lowest BCUT2D eigenvalue weighted by molar-refractivity contribution is 0.153. The summed E-state index contributed by atoms with van der Waals surface area (Å²) in [7, 11) is 0. The third kappa shape index (κ3) is 3.46. The Morgan fingerprint density at radius 1 is 1.18 bits per heavy atom. The Balaban J connectivity index is 1.64. The zero-order chi connectivity index (χ0) is 15.4. The number of carbonyl (C=O) groups excluding carboxylic acids is 1. The van der Waals surface area contributed by atoms with Crippen molar-refractivity contribution in [1.29, 1.82) is 0 Å². The highest BCUT2D eigenvalue weighted by Gasteiger charge is 2.20. The van der Waals surface area contributed by atoms with E-state index in [1.165, 1.54) is 5.56 Å². The Morgan fingerprint density at radius 2 is 2.00 bits per heavy atom. The SMILES string of the molecule is O=C(Nc1cccc2c1C[C@H](O)CC2)OCc1ccccc1. The van der Waals surface area contributed by atoms with Gasteiger partial charge < -0.3 is 9.84 Å². The van der Waals surface area contributed by atoms with Crippen molar-refractivity contribution in [3.8, 4) is 0 Å². The summed E-state index contributed by atoms with van der Waals surface area (Å²) in [5, 5.41) is 12.6. The molecule has 3 rings (SSSR count). The molecule has 1 atom stereocenters. The van der Waals surface area contributed by atoms with Crippen LogP contribution < -0.4 is 5.32 Å². The monoisotopic (exact) mass is 297 g/mol. The van der Waals surface area contributed by atoms with E-state index in [2.05, 4.69) is 5.32 Å². The van der Waals surface area contributed by atoms with Crippen molar-refractivity contribution in [3.63, 3.8) is 0 Å². The molecule has 4 heteroatoms. The van der Waals surface area contributed by atoms with E-state index >= 15 is 0 Å². The number of nitrogens with one attached hydrogen (secondary N) is 1. The lowest BCUT2D eigenvalue weighted by atomic mass is 9.88. The quantitative estimate of drug-likeness (QED) is 0.914. The minimum atomic E-state index is -0.475. The molecule has 114 valence electrons. The van der Waals surface area contributed by atoms with E-state index in [1.807, 2.05) is 48.5 Å². The maximum atomic E-state index is 12.0. The largest absolute Gasteiger partial charge is 0.444 e. The molecule has 2 aromatic carbocycles. The molecule has 1 amide bonds. The Labute approximate surface area is 129 Å². The number of rotatable bonds is 3. The molecule has 2 N–H and O–H groups in total. The van der Waals surface area contributed by atoms with Gasteiger partial charge in [0.1, 0.15) is 6.61 Å². The van der Waals surface area contributed by atoms with Crippen LogP contribution >= 0.6 is 0 Å². The van der Waals surface area contributed by atoms with Crippen molar-refractivity contribution in [1.82, 2.24) is 0 Å². The van der Waals surface area contributed by atoms with Crippen LogP contribution in [0.2, 0.25) is 0 Å². The van der Waals surface area contributed by atoms with Crippen LogP contribution in [-0.4, -0.2) is 17.3 Å². The minimum Gasteiger partial charge on any atom is -0.444 e. The highest BCUT2D eigenvalue weighted by molar-refractivity contribution is 5.86. The fourth-order valence-electron chi connectivity index (χ4n) is 2.76. The molecule has 0 spiro atoms. The average Bonchev–Trinajstić information content (AvgIpc) is 2.54. The van der Waals surface area contributed by atoms with Crippen molar-refractivity contribution in [2.75, 3.05) is 5.32 Å². The topological polar surface area (TPSA) is 58.6 Å².